The minimum Gasteiger partial charge on any atom is -0.480 e. The van der Waals surface area contributed by atoms with Gasteiger partial charge in [-0.2, -0.15) is 0 Å². The topological polar surface area (TPSA) is 96.3 Å². The van der Waals surface area contributed by atoms with Gasteiger partial charge in [0.1, 0.15) is 6.04 Å². The molecule has 1 saturated carbocycles. The summed E-state index contributed by atoms with van der Waals surface area (Å²) in [5.41, 5.74) is 0. The molecule has 2 amide bonds. The van der Waals surface area contributed by atoms with Crippen LogP contribution in [0.3, 0.4) is 0 Å². The summed E-state index contributed by atoms with van der Waals surface area (Å²) in [5, 5.41) is 14.3. The molecule has 2 rings (SSSR count). The Hall–Kier alpha value is -2.05. The van der Waals surface area contributed by atoms with E-state index in [1.807, 2.05) is 11.5 Å². The van der Waals surface area contributed by atoms with Crippen LogP contribution in [0.1, 0.15) is 19.8 Å². The van der Waals surface area contributed by atoms with Gasteiger partial charge in [0, 0.05) is 25.0 Å². The van der Waals surface area contributed by atoms with Gasteiger partial charge in [0.15, 0.2) is 0 Å². The first-order chi connectivity index (χ1) is 9.06. The SMILES string of the molecule is CC(Cn1ccnc1)NC(=O)NC(C(=O)O)C1CC1. The zero-order valence-corrected chi connectivity index (χ0v) is 10.7. The first-order valence-electron chi connectivity index (χ1n) is 6.32. The van der Waals surface area contributed by atoms with Crippen LogP contribution in [-0.2, 0) is 11.3 Å². The highest BCUT2D eigenvalue weighted by Gasteiger charge is 2.37. The maximum Gasteiger partial charge on any atom is 0.326 e. The zero-order chi connectivity index (χ0) is 13.8. The first kappa shape index (κ1) is 13.4. The summed E-state index contributed by atoms with van der Waals surface area (Å²) in [6, 6.07) is -1.32. The molecule has 2 atom stereocenters. The lowest BCUT2D eigenvalue weighted by Gasteiger charge is -2.18. The summed E-state index contributed by atoms with van der Waals surface area (Å²) in [6.07, 6.45) is 6.87. The highest BCUT2D eigenvalue weighted by molar-refractivity contribution is 5.83. The van der Waals surface area contributed by atoms with Gasteiger partial charge in [0.05, 0.1) is 6.33 Å². The number of aromatic nitrogens is 2. The van der Waals surface area contributed by atoms with E-state index in [2.05, 4.69) is 15.6 Å². The summed E-state index contributed by atoms with van der Waals surface area (Å²) in [7, 11) is 0. The van der Waals surface area contributed by atoms with Crippen LogP contribution in [0.4, 0.5) is 4.79 Å². The second kappa shape index (κ2) is 5.73. The normalized spacial score (nSPS) is 17.5. The molecule has 1 heterocycles. The smallest absolute Gasteiger partial charge is 0.326 e. The van der Waals surface area contributed by atoms with Crippen molar-refractivity contribution in [1.82, 2.24) is 20.2 Å². The molecule has 0 aromatic carbocycles. The van der Waals surface area contributed by atoms with Gasteiger partial charge in [0.25, 0.3) is 0 Å². The molecule has 1 aromatic rings. The highest BCUT2D eigenvalue weighted by atomic mass is 16.4. The van der Waals surface area contributed by atoms with Crippen LogP contribution in [0.15, 0.2) is 18.7 Å². The van der Waals surface area contributed by atoms with E-state index < -0.39 is 18.0 Å². The molecule has 19 heavy (non-hydrogen) atoms. The number of nitrogens with one attached hydrogen (secondary N) is 2. The molecule has 0 saturated heterocycles. The van der Waals surface area contributed by atoms with Gasteiger partial charge in [-0.3, -0.25) is 0 Å². The fraction of sp³-hybridized carbons (Fsp3) is 0.583. The van der Waals surface area contributed by atoms with E-state index in [9.17, 15) is 9.59 Å². The molecular formula is C12H18N4O3. The van der Waals surface area contributed by atoms with E-state index in [1.165, 1.54) is 0 Å². The van der Waals surface area contributed by atoms with Crippen LogP contribution in [-0.4, -0.2) is 38.7 Å². The van der Waals surface area contributed by atoms with Crippen molar-refractivity contribution in [2.24, 2.45) is 5.92 Å². The highest BCUT2D eigenvalue weighted by Crippen LogP contribution is 2.32. The van der Waals surface area contributed by atoms with Crippen molar-refractivity contribution >= 4 is 12.0 Å². The molecule has 104 valence electrons. The van der Waals surface area contributed by atoms with Crippen LogP contribution in [0.25, 0.3) is 0 Å². The zero-order valence-electron chi connectivity index (χ0n) is 10.7. The Labute approximate surface area is 111 Å². The number of urea groups is 1. The number of hydrogen-bond acceptors (Lipinski definition) is 3. The third kappa shape index (κ3) is 3.97. The predicted molar refractivity (Wildman–Crippen MR) is 67.5 cm³/mol. The van der Waals surface area contributed by atoms with E-state index >= 15 is 0 Å². The van der Waals surface area contributed by atoms with Crippen LogP contribution in [0.2, 0.25) is 0 Å². The summed E-state index contributed by atoms with van der Waals surface area (Å²) in [5.74, 6) is -0.896. The van der Waals surface area contributed by atoms with Gasteiger partial charge in [-0.25, -0.2) is 14.6 Å². The minimum atomic E-state index is -0.972. The molecule has 1 aliphatic rings. The number of nitrogens with zero attached hydrogens (tertiary/aromatic N) is 2. The standard InChI is InChI=1S/C12H18N4O3/c1-8(6-16-5-4-13-7-16)14-12(19)15-10(11(17)18)9-2-3-9/h4-5,7-10H,2-3,6H2,1H3,(H,17,18)(H2,14,15,19). The van der Waals surface area contributed by atoms with Crippen molar-refractivity contribution in [3.63, 3.8) is 0 Å². The van der Waals surface area contributed by atoms with Gasteiger partial charge in [-0.05, 0) is 25.7 Å². The quantitative estimate of drug-likeness (QED) is 0.696. The molecule has 0 bridgehead atoms. The van der Waals surface area contributed by atoms with Crippen molar-refractivity contribution in [3.05, 3.63) is 18.7 Å². The lowest BCUT2D eigenvalue weighted by molar-refractivity contribution is -0.139. The third-order valence-electron chi connectivity index (χ3n) is 3.07. The fourth-order valence-corrected chi connectivity index (χ4v) is 1.97. The monoisotopic (exact) mass is 266 g/mol. The number of carbonyl (C=O) groups is 2. The Morgan fingerprint density at radius 2 is 2.21 bits per heavy atom. The largest absolute Gasteiger partial charge is 0.480 e. The molecule has 0 radical (unpaired) electrons. The maximum atomic E-state index is 11.7. The van der Waals surface area contributed by atoms with Crippen molar-refractivity contribution in [2.75, 3.05) is 0 Å². The molecule has 1 fully saturated rings. The lowest BCUT2D eigenvalue weighted by atomic mass is 10.2. The van der Waals surface area contributed by atoms with Crippen LogP contribution in [0.5, 0.6) is 0 Å². The molecule has 2 unspecified atom stereocenters. The van der Waals surface area contributed by atoms with Gasteiger partial charge in [0.2, 0.25) is 0 Å². The molecule has 0 aliphatic heterocycles. The van der Waals surface area contributed by atoms with E-state index in [4.69, 9.17) is 5.11 Å². The summed E-state index contributed by atoms with van der Waals surface area (Å²) < 4.78 is 1.85. The number of carbonyl (C=O) groups excluding carboxylic acids is 1. The fourth-order valence-electron chi connectivity index (χ4n) is 1.97. The average molecular weight is 266 g/mol. The molecule has 0 spiro atoms. The van der Waals surface area contributed by atoms with Crippen molar-refractivity contribution in [3.8, 4) is 0 Å². The number of amides is 2. The Morgan fingerprint density at radius 3 is 2.74 bits per heavy atom. The molecular weight excluding hydrogens is 248 g/mol. The maximum absolute atomic E-state index is 11.7. The number of carboxylic acids is 1. The molecule has 7 heteroatoms. The Morgan fingerprint density at radius 1 is 1.47 bits per heavy atom. The van der Waals surface area contributed by atoms with Crippen molar-refractivity contribution in [2.45, 2.75) is 38.4 Å². The molecule has 7 nitrogen and oxygen atoms in total. The number of imidazole rings is 1. The molecule has 1 aliphatic carbocycles. The van der Waals surface area contributed by atoms with E-state index in [-0.39, 0.29) is 12.0 Å². The summed E-state index contributed by atoms with van der Waals surface area (Å²) in [6.45, 7) is 2.45. The average Bonchev–Trinajstić information content (AvgIpc) is 3.04. The summed E-state index contributed by atoms with van der Waals surface area (Å²) >= 11 is 0. The third-order valence-corrected chi connectivity index (χ3v) is 3.07. The Kier molecular flexibility index (Phi) is 4.03. The van der Waals surface area contributed by atoms with Crippen molar-refractivity contribution < 1.29 is 14.7 Å². The second-order valence-corrected chi connectivity index (χ2v) is 4.93. The van der Waals surface area contributed by atoms with Gasteiger partial charge < -0.3 is 20.3 Å². The van der Waals surface area contributed by atoms with Crippen LogP contribution >= 0.6 is 0 Å². The number of hydrogen-bond donors (Lipinski definition) is 3. The van der Waals surface area contributed by atoms with E-state index in [0.717, 1.165) is 12.8 Å². The van der Waals surface area contributed by atoms with Gasteiger partial charge in [-0.1, -0.05) is 0 Å². The predicted octanol–water partition coefficient (Wildman–Crippen LogP) is 0.434. The van der Waals surface area contributed by atoms with Crippen LogP contribution < -0.4 is 10.6 Å². The number of aliphatic carboxylic acids is 1. The molecule has 1 aromatic heterocycles. The number of rotatable bonds is 6. The van der Waals surface area contributed by atoms with Gasteiger partial charge in [-0.15, -0.1) is 0 Å². The molecule has 3 N–H and O–H groups in total. The van der Waals surface area contributed by atoms with E-state index in [0.29, 0.717) is 6.54 Å². The van der Waals surface area contributed by atoms with Crippen LogP contribution in [0, 0.1) is 5.92 Å². The summed E-state index contributed by atoms with van der Waals surface area (Å²) in [4.78, 5) is 26.6. The number of carboxylic acid groups (broad SMARTS) is 1. The Bertz CT molecular complexity index is 442. The second-order valence-electron chi connectivity index (χ2n) is 4.93. The van der Waals surface area contributed by atoms with Gasteiger partial charge >= 0.3 is 12.0 Å². The minimum absolute atomic E-state index is 0.0761. The van der Waals surface area contributed by atoms with E-state index in [1.54, 1.807) is 18.7 Å². The lowest BCUT2D eigenvalue weighted by Crippen LogP contribution is -2.50. The van der Waals surface area contributed by atoms with Crippen molar-refractivity contribution in [1.29, 1.82) is 0 Å². The Balaban J connectivity index is 1.78. The first-order valence-corrected chi connectivity index (χ1v) is 6.32.